The first-order valence-corrected chi connectivity index (χ1v) is 7.68. The number of carbonyl (C=O) groups excluding carboxylic acids is 2. The monoisotopic (exact) mass is 317 g/mol. The summed E-state index contributed by atoms with van der Waals surface area (Å²) in [5.74, 6) is 0.581. The lowest BCUT2D eigenvalue weighted by Gasteiger charge is -2.39. The molecule has 0 saturated carbocycles. The highest BCUT2D eigenvalue weighted by Gasteiger charge is 2.32. The van der Waals surface area contributed by atoms with Crippen LogP contribution in [-0.2, 0) is 9.59 Å². The summed E-state index contributed by atoms with van der Waals surface area (Å²) in [7, 11) is 0. The van der Waals surface area contributed by atoms with Crippen molar-refractivity contribution in [2.75, 3.05) is 39.3 Å². The van der Waals surface area contributed by atoms with Crippen LogP contribution < -0.4 is 5.32 Å². The van der Waals surface area contributed by atoms with Crippen LogP contribution in [0.3, 0.4) is 0 Å². The number of rotatable bonds is 1. The molecule has 2 fully saturated rings. The van der Waals surface area contributed by atoms with Gasteiger partial charge in [-0.3, -0.25) is 9.59 Å². The van der Waals surface area contributed by atoms with Crippen molar-refractivity contribution in [2.24, 2.45) is 11.3 Å². The summed E-state index contributed by atoms with van der Waals surface area (Å²) in [6, 6.07) is 0. The second-order valence-corrected chi connectivity index (χ2v) is 6.91. The lowest BCUT2D eigenvalue weighted by atomic mass is 9.94. The van der Waals surface area contributed by atoms with Crippen molar-refractivity contribution in [1.29, 1.82) is 0 Å². The molecule has 21 heavy (non-hydrogen) atoms. The van der Waals surface area contributed by atoms with Gasteiger partial charge in [0.05, 0.1) is 5.92 Å². The minimum absolute atomic E-state index is 0. The van der Waals surface area contributed by atoms with Crippen LogP contribution in [0.25, 0.3) is 0 Å². The number of carbonyl (C=O) groups is 2. The minimum Gasteiger partial charge on any atom is -0.339 e. The Morgan fingerprint density at radius 2 is 1.62 bits per heavy atom. The van der Waals surface area contributed by atoms with Crippen molar-refractivity contribution in [3.05, 3.63) is 0 Å². The lowest BCUT2D eigenvalue weighted by molar-refractivity contribution is -0.146. The zero-order valence-corrected chi connectivity index (χ0v) is 14.2. The highest BCUT2D eigenvalue weighted by molar-refractivity contribution is 5.85. The summed E-state index contributed by atoms with van der Waals surface area (Å²) in [6.45, 7) is 10.4. The molecule has 0 spiro atoms. The molecule has 1 atom stereocenters. The molecule has 0 radical (unpaired) electrons. The van der Waals surface area contributed by atoms with Gasteiger partial charge in [0.25, 0.3) is 0 Å². The van der Waals surface area contributed by atoms with Gasteiger partial charge in [0.15, 0.2) is 0 Å². The zero-order valence-electron chi connectivity index (χ0n) is 13.4. The Bertz CT molecular complexity index is 368. The number of piperidine rings is 1. The molecule has 0 bridgehead atoms. The normalized spacial score (nSPS) is 23.5. The molecule has 0 aromatic rings. The third-order valence-electron chi connectivity index (χ3n) is 4.17. The van der Waals surface area contributed by atoms with Gasteiger partial charge in [-0.25, -0.2) is 0 Å². The van der Waals surface area contributed by atoms with Gasteiger partial charge in [-0.05, 0) is 19.4 Å². The molecular weight excluding hydrogens is 290 g/mol. The lowest BCUT2D eigenvalue weighted by Crippen LogP contribution is -2.55. The van der Waals surface area contributed by atoms with Crippen LogP contribution in [-0.4, -0.2) is 60.9 Å². The summed E-state index contributed by atoms with van der Waals surface area (Å²) in [5, 5.41) is 3.29. The topological polar surface area (TPSA) is 52.7 Å². The fourth-order valence-electron chi connectivity index (χ4n) is 2.93. The molecule has 2 amide bonds. The number of amides is 2. The molecule has 0 aromatic heterocycles. The molecule has 0 aliphatic carbocycles. The van der Waals surface area contributed by atoms with E-state index in [4.69, 9.17) is 0 Å². The van der Waals surface area contributed by atoms with E-state index in [2.05, 4.69) is 5.32 Å². The van der Waals surface area contributed by atoms with E-state index in [0.717, 1.165) is 25.9 Å². The molecule has 5 nitrogen and oxygen atoms in total. The predicted molar refractivity (Wildman–Crippen MR) is 85.5 cm³/mol. The Labute approximate surface area is 133 Å². The number of hydrogen-bond donors (Lipinski definition) is 1. The fourth-order valence-corrected chi connectivity index (χ4v) is 2.93. The van der Waals surface area contributed by atoms with Crippen molar-refractivity contribution in [2.45, 2.75) is 33.6 Å². The van der Waals surface area contributed by atoms with Gasteiger partial charge < -0.3 is 15.1 Å². The van der Waals surface area contributed by atoms with Crippen molar-refractivity contribution in [1.82, 2.24) is 15.1 Å². The average Bonchev–Trinajstić information content (AvgIpc) is 2.46. The van der Waals surface area contributed by atoms with E-state index in [1.807, 2.05) is 30.6 Å². The summed E-state index contributed by atoms with van der Waals surface area (Å²) in [5.41, 5.74) is -0.334. The molecule has 6 heteroatoms. The molecule has 2 aliphatic rings. The minimum atomic E-state index is -0.334. The fraction of sp³-hybridized carbons (Fsp3) is 0.867. The Morgan fingerprint density at radius 3 is 2.10 bits per heavy atom. The van der Waals surface area contributed by atoms with Crippen molar-refractivity contribution in [3.63, 3.8) is 0 Å². The molecular formula is C15H28ClN3O2. The molecule has 2 rings (SSSR count). The van der Waals surface area contributed by atoms with Crippen LogP contribution in [0.15, 0.2) is 0 Å². The number of hydrogen-bond acceptors (Lipinski definition) is 3. The third-order valence-corrected chi connectivity index (χ3v) is 4.17. The molecule has 2 saturated heterocycles. The van der Waals surface area contributed by atoms with E-state index in [-0.39, 0.29) is 35.6 Å². The molecule has 0 aromatic carbocycles. The molecule has 1 unspecified atom stereocenters. The smallest absolute Gasteiger partial charge is 0.228 e. The number of nitrogens with zero attached hydrogens (tertiary/aromatic N) is 2. The number of halogens is 1. The van der Waals surface area contributed by atoms with Gasteiger partial charge in [0, 0.05) is 38.1 Å². The van der Waals surface area contributed by atoms with Crippen molar-refractivity contribution >= 4 is 24.2 Å². The Morgan fingerprint density at radius 1 is 1.05 bits per heavy atom. The maximum absolute atomic E-state index is 12.4. The standard InChI is InChI=1S/C15H27N3O2.ClH/c1-15(2,3)14(20)18-9-7-17(8-10-18)13(19)12-5-4-6-16-11-12;/h12,16H,4-11H2,1-3H3;1H. The van der Waals surface area contributed by atoms with E-state index >= 15 is 0 Å². The highest BCUT2D eigenvalue weighted by Crippen LogP contribution is 2.20. The van der Waals surface area contributed by atoms with Crippen LogP contribution in [0.4, 0.5) is 0 Å². The van der Waals surface area contributed by atoms with Gasteiger partial charge >= 0.3 is 0 Å². The van der Waals surface area contributed by atoms with E-state index in [0.29, 0.717) is 26.2 Å². The van der Waals surface area contributed by atoms with Crippen LogP contribution in [0, 0.1) is 11.3 Å². The van der Waals surface area contributed by atoms with Gasteiger partial charge in [0.2, 0.25) is 11.8 Å². The summed E-state index contributed by atoms with van der Waals surface area (Å²) >= 11 is 0. The van der Waals surface area contributed by atoms with Gasteiger partial charge in [0.1, 0.15) is 0 Å². The molecule has 1 N–H and O–H groups in total. The van der Waals surface area contributed by atoms with E-state index in [9.17, 15) is 9.59 Å². The van der Waals surface area contributed by atoms with Crippen LogP contribution >= 0.6 is 12.4 Å². The Balaban J connectivity index is 0.00000220. The van der Waals surface area contributed by atoms with Crippen molar-refractivity contribution < 1.29 is 9.59 Å². The second kappa shape index (κ2) is 7.45. The Hall–Kier alpha value is -0.810. The van der Waals surface area contributed by atoms with Crippen LogP contribution in [0.1, 0.15) is 33.6 Å². The first-order chi connectivity index (χ1) is 9.39. The summed E-state index contributed by atoms with van der Waals surface area (Å²) < 4.78 is 0. The van der Waals surface area contributed by atoms with Crippen LogP contribution in [0.5, 0.6) is 0 Å². The highest BCUT2D eigenvalue weighted by atomic mass is 35.5. The van der Waals surface area contributed by atoms with Crippen molar-refractivity contribution in [3.8, 4) is 0 Å². The van der Waals surface area contributed by atoms with E-state index in [1.165, 1.54) is 0 Å². The summed E-state index contributed by atoms with van der Waals surface area (Å²) in [6.07, 6.45) is 2.08. The molecule has 122 valence electrons. The first-order valence-electron chi connectivity index (χ1n) is 7.68. The maximum Gasteiger partial charge on any atom is 0.228 e. The third kappa shape index (κ3) is 4.58. The number of piperazine rings is 1. The molecule has 2 heterocycles. The average molecular weight is 318 g/mol. The van der Waals surface area contributed by atoms with E-state index in [1.54, 1.807) is 0 Å². The summed E-state index contributed by atoms with van der Waals surface area (Å²) in [4.78, 5) is 28.4. The van der Waals surface area contributed by atoms with Gasteiger partial charge in [-0.1, -0.05) is 20.8 Å². The second-order valence-electron chi connectivity index (χ2n) is 6.91. The molecule has 2 aliphatic heterocycles. The maximum atomic E-state index is 12.4. The zero-order chi connectivity index (χ0) is 14.8. The predicted octanol–water partition coefficient (Wildman–Crippen LogP) is 1.12. The first kappa shape index (κ1) is 18.2. The van der Waals surface area contributed by atoms with Gasteiger partial charge in [-0.2, -0.15) is 0 Å². The largest absolute Gasteiger partial charge is 0.339 e. The Kier molecular flexibility index (Phi) is 6.47. The number of nitrogens with one attached hydrogen (secondary N) is 1. The van der Waals surface area contributed by atoms with E-state index < -0.39 is 0 Å². The van der Waals surface area contributed by atoms with Crippen LogP contribution in [0.2, 0.25) is 0 Å². The SMILES string of the molecule is CC(C)(C)C(=O)N1CCN(C(=O)C2CCCNC2)CC1.Cl. The quantitative estimate of drug-likeness (QED) is 0.788. The van der Waals surface area contributed by atoms with Gasteiger partial charge in [-0.15, -0.1) is 12.4 Å².